The number of carbonyl (C=O) groups excluding carboxylic acids is 3. The van der Waals surface area contributed by atoms with Crippen molar-refractivity contribution in [2.45, 2.75) is 64.7 Å². The van der Waals surface area contributed by atoms with Gasteiger partial charge in [-0.15, -0.1) is 0 Å². The fourth-order valence-electron chi connectivity index (χ4n) is 2.54. The number of carbonyl (C=O) groups is 3. The number of Topliss-reactive ketones (excluding diaryl/α,β-unsaturated/α-hetero) is 2. The second-order valence-corrected chi connectivity index (χ2v) is 5.18. The molecular formula is C15H24O4. The lowest BCUT2D eigenvalue weighted by Gasteiger charge is -2.13. The summed E-state index contributed by atoms with van der Waals surface area (Å²) in [4.78, 5) is 34.8. The molecule has 0 amide bonds. The summed E-state index contributed by atoms with van der Waals surface area (Å²) in [6, 6.07) is 0. The van der Waals surface area contributed by atoms with Crippen LogP contribution in [0.4, 0.5) is 0 Å². The van der Waals surface area contributed by atoms with Crippen LogP contribution in [0.15, 0.2) is 0 Å². The van der Waals surface area contributed by atoms with Gasteiger partial charge in [0.15, 0.2) is 0 Å². The summed E-state index contributed by atoms with van der Waals surface area (Å²) in [5.74, 6) is -1.71. The van der Waals surface area contributed by atoms with Crippen LogP contribution in [0, 0.1) is 5.92 Å². The van der Waals surface area contributed by atoms with Crippen LogP contribution in [0.1, 0.15) is 64.7 Å². The zero-order chi connectivity index (χ0) is 14.1. The van der Waals surface area contributed by atoms with Crippen molar-refractivity contribution < 1.29 is 19.1 Å². The first-order valence-electron chi connectivity index (χ1n) is 7.37. The Morgan fingerprint density at radius 3 is 2.00 bits per heavy atom. The standard InChI is InChI=1S/C15H24O4/c1-2-19-15(18)14(17)11-13(16)12-9-7-5-3-4-6-8-10-12/h12H,2-11H2,1H3. The van der Waals surface area contributed by atoms with Gasteiger partial charge >= 0.3 is 5.97 Å². The summed E-state index contributed by atoms with van der Waals surface area (Å²) in [6.07, 6.45) is 8.32. The topological polar surface area (TPSA) is 60.4 Å². The summed E-state index contributed by atoms with van der Waals surface area (Å²) in [5, 5.41) is 0. The molecular weight excluding hydrogens is 244 g/mol. The van der Waals surface area contributed by atoms with Crippen LogP contribution in [-0.2, 0) is 19.1 Å². The van der Waals surface area contributed by atoms with Crippen molar-refractivity contribution in [3.8, 4) is 0 Å². The minimum atomic E-state index is -0.876. The van der Waals surface area contributed by atoms with E-state index in [9.17, 15) is 14.4 Å². The summed E-state index contributed by atoms with van der Waals surface area (Å²) < 4.78 is 4.62. The summed E-state index contributed by atoms with van der Waals surface area (Å²) in [6.45, 7) is 1.81. The van der Waals surface area contributed by atoms with Gasteiger partial charge in [0.05, 0.1) is 13.0 Å². The van der Waals surface area contributed by atoms with Crippen LogP contribution < -0.4 is 0 Å². The van der Waals surface area contributed by atoms with E-state index in [2.05, 4.69) is 4.74 Å². The first-order valence-corrected chi connectivity index (χ1v) is 7.37. The lowest BCUT2D eigenvalue weighted by atomic mass is 9.90. The van der Waals surface area contributed by atoms with Gasteiger partial charge in [0.1, 0.15) is 5.78 Å². The average Bonchev–Trinajstić information content (AvgIpc) is 2.52. The Balaban J connectivity index is 2.45. The average molecular weight is 268 g/mol. The van der Waals surface area contributed by atoms with Gasteiger partial charge in [-0.2, -0.15) is 0 Å². The van der Waals surface area contributed by atoms with Crippen LogP contribution in [0.2, 0.25) is 0 Å². The van der Waals surface area contributed by atoms with Gasteiger partial charge in [-0.1, -0.05) is 38.5 Å². The maximum absolute atomic E-state index is 12.1. The fraction of sp³-hybridized carbons (Fsp3) is 0.800. The molecule has 0 saturated heterocycles. The lowest BCUT2D eigenvalue weighted by molar-refractivity contribution is -0.154. The maximum Gasteiger partial charge on any atom is 0.375 e. The van der Waals surface area contributed by atoms with Crippen molar-refractivity contribution in [3.05, 3.63) is 0 Å². The second-order valence-electron chi connectivity index (χ2n) is 5.18. The minimum absolute atomic E-state index is 0.0449. The van der Waals surface area contributed by atoms with E-state index < -0.39 is 11.8 Å². The molecule has 0 unspecified atom stereocenters. The monoisotopic (exact) mass is 268 g/mol. The van der Waals surface area contributed by atoms with Gasteiger partial charge in [0.2, 0.25) is 5.78 Å². The van der Waals surface area contributed by atoms with E-state index in [0.717, 1.165) is 38.5 Å². The number of ketones is 2. The van der Waals surface area contributed by atoms with Crippen molar-refractivity contribution >= 4 is 17.5 Å². The van der Waals surface area contributed by atoms with Gasteiger partial charge in [-0.3, -0.25) is 9.59 Å². The lowest BCUT2D eigenvalue weighted by Crippen LogP contribution is -2.24. The van der Waals surface area contributed by atoms with Crippen LogP contribution in [-0.4, -0.2) is 24.1 Å². The molecule has 0 N–H and O–H groups in total. The zero-order valence-corrected chi connectivity index (χ0v) is 11.8. The molecule has 4 heteroatoms. The van der Waals surface area contributed by atoms with E-state index >= 15 is 0 Å². The molecule has 0 aromatic carbocycles. The highest BCUT2D eigenvalue weighted by Crippen LogP contribution is 2.23. The Morgan fingerprint density at radius 2 is 1.47 bits per heavy atom. The van der Waals surface area contributed by atoms with E-state index in [1.54, 1.807) is 6.92 Å². The number of esters is 1. The predicted molar refractivity (Wildman–Crippen MR) is 71.7 cm³/mol. The molecule has 0 spiro atoms. The first-order chi connectivity index (χ1) is 9.15. The quantitative estimate of drug-likeness (QED) is 0.437. The van der Waals surface area contributed by atoms with Crippen molar-refractivity contribution in [1.82, 2.24) is 0 Å². The van der Waals surface area contributed by atoms with Gasteiger partial charge in [-0.25, -0.2) is 4.79 Å². The largest absolute Gasteiger partial charge is 0.460 e. The first kappa shape index (κ1) is 15.9. The molecule has 1 fully saturated rings. The highest BCUT2D eigenvalue weighted by Gasteiger charge is 2.25. The summed E-state index contributed by atoms with van der Waals surface area (Å²) >= 11 is 0. The molecule has 0 aromatic heterocycles. The van der Waals surface area contributed by atoms with E-state index in [1.165, 1.54) is 12.8 Å². The van der Waals surface area contributed by atoms with Crippen molar-refractivity contribution in [2.75, 3.05) is 6.61 Å². The molecule has 0 heterocycles. The van der Waals surface area contributed by atoms with Gasteiger partial charge in [0, 0.05) is 5.92 Å². The molecule has 4 nitrogen and oxygen atoms in total. The van der Waals surface area contributed by atoms with E-state index in [-0.39, 0.29) is 24.7 Å². The Morgan fingerprint density at radius 1 is 0.947 bits per heavy atom. The number of rotatable bonds is 5. The molecule has 1 saturated carbocycles. The normalized spacial score (nSPS) is 17.9. The van der Waals surface area contributed by atoms with Crippen molar-refractivity contribution in [1.29, 1.82) is 0 Å². The van der Waals surface area contributed by atoms with Crippen molar-refractivity contribution in [3.63, 3.8) is 0 Å². The van der Waals surface area contributed by atoms with Gasteiger partial charge in [0.25, 0.3) is 0 Å². The van der Waals surface area contributed by atoms with Crippen molar-refractivity contribution in [2.24, 2.45) is 5.92 Å². The molecule has 108 valence electrons. The molecule has 1 aliphatic rings. The zero-order valence-electron chi connectivity index (χ0n) is 11.8. The summed E-state index contributed by atoms with van der Waals surface area (Å²) in [5.41, 5.74) is 0. The number of ether oxygens (including phenoxy) is 1. The molecule has 19 heavy (non-hydrogen) atoms. The summed E-state index contributed by atoms with van der Waals surface area (Å²) in [7, 11) is 0. The van der Waals surface area contributed by atoms with Crippen LogP contribution >= 0.6 is 0 Å². The van der Waals surface area contributed by atoms with Crippen LogP contribution in [0.3, 0.4) is 0 Å². The Kier molecular flexibility index (Phi) is 7.38. The fourth-order valence-corrected chi connectivity index (χ4v) is 2.54. The minimum Gasteiger partial charge on any atom is -0.460 e. The third-order valence-corrected chi connectivity index (χ3v) is 3.65. The number of hydrogen-bond donors (Lipinski definition) is 0. The highest BCUT2D eigenvalue weighted by atomic mass is 16.5. The Bertz CT molecular complexity index is 312. The highest BCUT2D eigenvalue weighted by molar-refractivity contribution is 6.37. The van der Waals surface area contributed by atoms with Gasteiger partial charge in [-0.05, 0) is 19.8 Å². The molecule has 0 aliphatic heterocycles. The third kappa shape index (κ3) is 5.99. The second kappa shape index (κ2) is 8.83. The van der Waals surface area contributed by atoms with E-state index in [0.29, 0.717) is 0 Å². The smallest absolute Gasteiger partial charge is 0.375 e. The molecule has 0 aromatic rings. The third-order valence-electron chi connectivity index (χ3n) is 3.65. The maximum atomic E-state index is 12.1. The Labute approximate surface area is 114 Å². The Hall–Kier alpha value is -1.19. The van der Waals surface area contributed by atoms with Crippen LogP contribution in [0.5, 0.6) is 0 Å². The van der Waals surface area contributed by atoms with Gasteiger partial charge < -0.3 is 4.74 Å². The molecule has 0 bridgehead atoms. The van der Waals surface area contributed by atoms with E-state index in [1.807, 2.05) is 0 Å². The molecule has 1 aliphatic carbocycles. The predicted octanol–water partition coefficient (Wildman–Crippen LogP) is 2.83. The SMILES string of the molecule is CCOC(=O)C(=O)CC(=O)C1CCCCCCCC1. The molecule has 0 radical (unpaired) electrons. The van der Waals surface area contributed by atoms with Crippen LogP contribution in [0.25, 0.3) is 0 Å². The molecule has 0 atom stereocenters. The van der Waals surface area contributed by atoms with E-state index in [4.69, 9.17) is 0 Å². The molecule has 1 rings (SSSR count). The number of hydrogen-bond acceptors (Lipinski definition) is 4.